The third-order valence-corrected chi connectivity index (χ3v) is 4.46. The minimum absolute atomic E-state index is 0.106. The molecule has 0 saturated heterocycles. The van der Waals surface area contributed by atoms with Gasteiger partial charge in [0, 0.05) is 6.04 Å². The van der Waals surface area contributed by atoms with Crippen molar-refractivity contribution in [1.82, 2.24) is 0 Å². The highest BCUT2D eigenvalue weighted by Gasteiger charge is 2.23. The molecule has 0 heterocycles. The summed E-state index contributed by atoms with van der Waals surface area (Å²) in [5.74, 6) is 1.17. The van der Waals surface area contributed by atoms with E-state index in [-0.39, 0.29) is 12.5 Å². The second kappa shape index (κ2) is 7.78. The van der Waals surface area contributed by atoms with Crippen molar-refractivity contribution in [2.75, 3.05) is 0 Å². The Hall–Kier alpha value is -0.570. The Morgan fingerprint density at radius 3 is 2.50 bits per heavy atom. The van der Waals surface area contributed by atoms with Crippen LogP contribution in [0, 0.1) is 17.8 Å². The van der Waals surface area contributed by atoms with Crippen LogP contribution in [0.5, 0.6) is 0 Å². The standard InChI is InChI=1S/C15H29NO2/c1-3-13(14(16)10-15(17)18)9-11(2)8-12-6-4-5-7-12/h11-14H,3-10,16H2,1-2H3,(H,17,18). The zero-order valence-corrected chi connectivity index (χ0v) is 11.9. The van der Waals surface area contributed by atoms with Gasteiger partial charge in [0.2, 0.25) is 0 Å². The minimum Gasteiger partial charge on any atom is -0.481 e. The van der Waals surface area contributed by atoms with Crippen LogP contribution in [0.15, 0.2) is 0 Å². The van der Waals surface area contributed by atoms with Crippen LogP contribution in [-0.4, -0.2) is 17.1 Å². The Bertz CT molecular complexity index is 249. The van der Waals surface area contributed by atoms with E-state index in [2.05, 4.69) is 13.8 Å². The van der Waals surface area contributed by atoms with Crippen LogP contribution in [0.1, 0.15) is 65.2 Å². The lowest BCUT2D eigenvalue weighted by molar-refractivity contribution is -0.137. The molecule has 3 unspecified atom stereocenters. The Morgan fingerprint density at radius 2 is 2.00 bits per heavy atom. The van der Waals surface area contributed by atoms with E-state index in [1.54, 1.807) is 0 Å². The SMILES string of the molecule is CCC(CC(C)CC1CCCC1)C(N)CC(=O)O. The maximum atomic E-state index is 10.7. The molecule has 0 aromatic rings. The summed E-state index contributed by atoms with van der Waals surface area (Å²) >= 11 is 0. The molecule has 3 nitrogen and oxygen atoms in total. The first-order valence-corrected chi connectivity index (χ1v) is 7.50. The molecule has 1 aliphatic carbocycles. The number of aliphatic carboxylic acids is 1. The van der Waals surface area contributed by atoms with Gasteiger partial charge in [-0.25, -0.2) is 0 Å². The predicted molar refractivity (Wildman–Crippen MR) is 74.4 cm³/mol. The van der Waals surface area contributed by atoms with Crippen molar-refractivity contribution < 1.29 is 9.90 Å². The summed E-state index contributed by atoms with van der Waals surface area (Å²) in [6.45, 7) is 4.42. The number of carboxylic acid groups (broad SMARTS) is 1. The first kappa shape index (κ1) is 15.5. The quantitative estimate of drug-likeness (QED) is 0.698. The molecule has 106 valence electrons. The van der Waals surface area contributed by atoms with E-state index in [0.717, 1.165) is 18.8 Å². The molecule has 3 heteroatoms. The van der Waals surface area contributed by atoms with Crippen LogP contribution in [0.2, 0.25) is 0 Å². The maximum Gasteiger partial charge on any atom is 0.304 e. The summed E-state index contributed by atoms with van der Waals surface area (Å²) < 4.78 is 0. The van der Waals surface area contributed by atoms with Gasteiger partial charge in [0.1, 0.15) is 0 Å². The first-order valence-electron chi connectivity index (χ1n) is 7.50. The van der Waals surface area contributed by atoms with Gasteiger partial charge in [0.05, 0.1) is 6.42 Å². The summed E-state index contributed by atoms with van der Waals surface area (Å²) in [4.78, 5) is 10.7. The van der Waals surface area contributed by atoms with E-state index >= 15 is 0 Å². The second-order valence-corrected chi connectivity index (χ2v) is 6.16. The third-order valence-electron chi connectivity index (χ3n) is 4.46. The molecule has 1 aliphatic rings. The molecular weight excluding hydrogens is 226 g/mol. The first-order chi connectivity index (χ1) is 8.52. The molecule has 0 bridgehead atoms. The molecule has 1 fully saturated rings. The van der Waals surface area contributed by atoms with Gasteiger partial charge in [-0.1, -0.05) is 46.0 Å². The normalized spacial score (nSPS) is 21.7. The van der Waals surface area contributed by atoms with Crippen molar-refractivity contribution in [3.05, 3.63) is 0 Å². The number of nitrogens with two attached hydrogens (primary N) is 1. The summed E-state index contributed by atoms with van der Waals surface area (Å²) in [5.41, 5.74) is 6.01. The lowest BCUT2D eigenvalue weighted by Gasteiger charge is -2.26. The van der Waals surface area contributed by atoms with Gasteiger partial charge in [-0.2, -0.15) is 0 Å². The van der Waals surface area contributed by atoms with Crippen molar-refractivity contribution in [2.24, 2.45) is 23.5 Å². The van der Waals surface area contributed by atoms with Crippen LogP contribution in [0.25, 0.3) is 0 Å². The Kier molecular flexibility index (Phi) is 6.69. The average molecular weight is 255 g/mol. The van der Waals surface area contributed by atoms with E-state index in [9.17, 15) is 4.79 Å². The summed E-state index contributed by atoms with van der Waals surface area (Å²) in [7, 11) is 0. The van der Waals surface area contributed by atoms with Crippen LogP contribution in [0.4, 0.5) is 0 Å². The molecule has 1 rings (SSSR count). The van der Waals surface area contributed by atoms with E-state index in [1.807, 2.05) is 0 Å². The molecule has 3 atom stereocenters. The molecule has 0 aromatic carbocycles. The van der Waals surface area contributed by atoms with E-state index in [4.69, 9.17) is 10.8 Å². The van der Waals surface area contributed by atoms with Gasteiger partial charge in [-0.05, 0) is 30.6 Å². The van der Waals surface area contributed by atoms with Crippen molar-refractivity contribution in [1.29, 1.82) is 0 Å². The largest absolute Gasteiger partial charge is 0.481 e. The molecule has 0 spiro atoms. The fraction of sp³-hybridized carbons (Fsp3) is 0.933. The van der Waals surface area contributed by atoms with Crippen LogP contribution in [0.3, 0.4) is 0 Å². The topological polar surface area (TPSA) is 63.3 Å². The van der Waals surface area contributed by atoms with Crippen molar-refractivity contribution >= 4 is 5.97 Å². The van der Waals surface area contributed by atoms with Gasteiger partial charge < -0.3 is 10.8 Å². The Labute approximate surface area is 111 Å². The molecule has 0 amide bonds. The maximum absolute atomic E-state index is 10.7. The van der Waals surface area contributed by atoms with Gasteiger partial charge in [-0.3, -0.25) is 4.79 Å². The predicted octanol–water partition coefficient (Wildman–Crippen LogP) is 3.42. The molecule has 1 saturated carbocycles. The highest BCUT2D eigenvalue weighted by Crippen LogP contribution is 2.33. The Morgan fingerprint density at radius 1 is 1.39 bits per heavy atom. The summed E-state index contributed by atoms with van der Waals surface area (Å²) in [5, 5.41) is 8.81. The van der Waals surface area contributed by atoms with E-state index in [1.165, 1.54) is 32.1 Å². The van der Waals surface area contributed by atoms with Gasteiger partial charge in [-0.15, -0.1) is 0 Å². The van der Waals surface area contributed by atoms with Crippen molar-refractivity contribution in [3.63, 3.8) is 0 Å². The number of carbonyl (C=O) groups is 1. The molecule has 0 radical (unpaired) electrons. The molecular formula is C15H29NO2. The molecule has 3 N–H and O–H groups in total. The fourth-order valence-electron chi connectivity index (χ4n) is 3.44. The lowest BCUT2D eigenvalue weighted by atomic mass is 9.82. The summed E-state index contributed by atoms with van der Waals surface area (Å²) in [6, 6.07) is -0.182. The average Bonchev–Trinajstić information content (AvgIpc) is 2.77. The van der Waals surface area contributed by atoms with Gasteiger partial charge in [0.25, 0.3) is 0 Å². The number of hydrogen-bond acceptors (Lipinski definition) is 2. The van der Waals surface area contributed by atoms with Gasteiger partial charge in [0.15, 0.2) is 0 Å². The monoisotopic (exact) mass is 255 g/mol. The molecule has 18 heavy (non-hydrogen) atoms. The minimum atomic E-state index is -0.774. The third kappa shape index (κ3) is 5.38. The molecule has 0 aliphatic heterocycles. The van der Waals surface area contributed by atoms with Crippen LogP contribution >= 0.6 is 0 Å². The smallest absolute Gasteiger partial charge is 0.304 e. The molecule has 0 aromatic heterocycles. The Balaban J connectivity index is 2.33. The van der Waals surface area contributed by atoms with Crippen LogP contribution < -0.4 is 5.73 Å². The van der Waals surface area contributed by atoms with Crippen LogP contribution in [-0.2, 0) is 4.79 Å². The highest BCUT2D eigenvalue weighted by molar-refractivity contribution is 5.67. The summed E-state index contributed by atoms with van der Waals surface area (Å²) in [6.07, 6.45) is 9.06. The zero-order valence-electron chi connectivity index (χ0n) is 11.9. The second-order valence-electron chi connectivity index (χ2n) is 6.16. The van der Waals surface area contributed by atoms with E-state index < -0.39 is 5.97 Å². The number of hydrogen-bond donors (Lipinski definition) is 2. The van der Waals surface area contributed by atoms with Gasteiger partial charge >= 0.3 is 5.97 Å². The number of rotatable bonds is 8. The lowest BCUT2D eigenvalue weighted by Crippen LogP contribution is -2.33. The number of carboxylic acids is 1. The zero-order chi connectivity index (χ0) is 13.5. The fourth-order valence-corrected chi connectivity index (χ4v) is 3.44. The van der Waals surface area contributed by atoms with E-state index in [0.29, 0.717) is 11.8 Å². The highest BCUT2D eigenvalue weighted by atomic mass is 16.4. The van der Waals surface area contributed by atoms with Crippen molar-refractivity contribution in [2.45, 2.75) is 71.3 Å². The van der Waals surface area contributed by atoms with Crippen molar-refractivity contribution in [3.8, 4) is 0 Å².